The Morgan fingerprint density at radius 3 is 2.41 bits per heavy atom. The van der Waals surface area contributed by atoms with Gasteiger partial charge in [-0.15, -0.1) is 0 Å². The molecule has 0 aliphatic rings. The first kappa shape index (κ1) is 25.8. The molecule has 0 spiro atoms. The van der Waals surface area contributed by atoms with Gasteiger partial charge in [0.1, 0.15) is 5.75 Å². The van der Waals surface area contributed by atoms with Crippen LogP contribution in [-0.2, 0) is 11.2 Å². The highest BCUT2D eigenvalue weighted by Crippen LogP contribution is 2.23. The van der Waals surface area contributed by atoms with Gasteiger partial charge in [-0.05, 0) is 94.4 Å². The fourth-order valence-corrected chi connectivity index (χ4v) is 4.22. The smallest absolute Gasteiger partial charge is 0.246 e. The number of methoxy groups -OCH3 is 1. The van der Waals surface area contributed by atoms with Gasteiger partial charge in [0.25, 0.3) is 0 Å². The third-order valence-electron chi connectivity index (χ3n) is 6.57. The number of amides is 1. The molecule has 0 aliphatic carbocycles. The second-order valence-corrected chi connectivity index (χ2v) is 8.65. The molecular weight excluding hydrogens is 402 g/mol. The van der Waals surface area contributed by atoms with Crippen LogP contribution in [0.3, 0.4) is 0 Å². The predicted octanol–water partition coefficient (Wildman–Crippen LogP) is 4.93. The zero-order valence-corrected chi connectivity index (χ0v) is 20.4. The van der Waals surface area contributed by atoms with Crippen LogP contribution in [0.5, 0.6) is 5.75 Å². The average Bonchev–Trinajstić information content (AvgIpc) is 2.80. The van der Waals surface area contributed by atoms with Crippen LogP contribution in [-0.4, -0.2) is 41.2 Å². The Hall–Kier alpha value is -2.44. The van der Waals surface area contributed by atoms with E-state index in [9.17, 15) is 10.0 Å². The highest BCUT2D eigenvalue weighted by atomic mass is 16.5. The van der Waals surface area contributed by atoms with Crippen LogP contribution in [0.2, 0.25) is 0 Å². The van der Waals surface area contributed by atoms with Crippen LogP contribution in [0, 0.1) is 26.7 Å². The summed E-state index contributed by atoms with van der Waals surface area (Å²) in [4.78, 5) is 19.2. The lowest BCUT2D eigenvalue weighted by molar-refractivity contribution is -0.133. The molecule has 0 saturated carbocycles. The Bertz CT molecular complexity index is 844. The Balaban J connectivity index is 1.92. The van der Waals surface area contributed by atoms with Crippen molar-refractivity contribution >= 4 is 5.91 Å². The van der Waals surface area contributed by atoms with E-state index in [1.54, 1.807) is 13.3 Å². The summed E-state index contributed by atoms with van der Waals surface area (Å²) in [6.45, 7) is 12.5. The number of carbonyl (C=O) groups is 1. The number of aryl methyl sites for hydroxylation is 2. The molecule has 1 aromatic heterocycles. The number of hydroxylamine groups is 1. The summed E-state index contributed by atoms with van der Waals surface area (Å²) in [7, 11) is 1.64. The van der Waals surface area contributed by atoms with Gasteiger partial charge in [0.15, 0.2) is 0 Å². The molecule has 1 amide bonds. The van der Waals surface area contributed by atoms with E-state index in [0.29, 0.717) is 6.42 Å². The standard InChI is InChI=1S/C26H39N3O3/c1-7-29(21(5)25-12-11-24(32-6)17-27-25)13-9-8-10-23(26(30)28-31)16-22-14-18(2)20(4)19(3)15-22/h11-12,14-15,17,21,23,31H,7-10,13,16H2,1-6H3,(H,28,30)/t21-,23+/m1/s1. The second kappa shape index (κ2) is 12.6. The molecular formula is C26H39N3O3. The second-order valence-electron chi connectivity index (χ2n) is 8.65. The highest BCUT2D eigenvalue weighted by molar-refractivity contribution is 5.77. The summed E-state index contributed by atoms with van der Waals surface area (Å²) >= 11 is 0. The number of hydrogen-bond donors (Lipinski definition) is 2. The van der Waals surface area contributed by atoms with Crippen LogP contribution in [0.25, 0.3) is 0 Å². The molecule has 0 radical (unpaired) electrons. The van der Waals surface area contributed by atoms with Gasteiger partial charge in [0.2, 0.25) is 5.91 Å². The van der Waals surface area contributed by atoms with Crippen molar-refractivity contribution in [3.63, 3.8) is 0 Å². The van der Waals surface area contributed by atoms with Crippen LogP contribution in [0.4, 0.5) is 0 Å². The maximum atomic E-state index is 12.3. The van der Waals surface area contributed by atoms with E-state index in [-0.39, 0.29) is 17.9 Å². The maximum absolute atomic E-state index is 12.3. The molecule has 32 heavy (non-hydrogen) atoms. The van der Waals surface area contributed by atoms with E-state index in [4.69, 9.17) is 4.74 Å². The van der Waals surface area contributed by atoms with Crippen molar-refractivity contribution in [2.24, 2.45) is 5.92 Å². The fraction of sp³-hybridized carbons (Fsp3) is 0.538. The van der Waals surface area contributed by atoms with Gasteiger partial charge >= 0.3 is 0 Å². The van der Waals surface area contributed by atoms with Crippen molar-refractivity contribution in [1.29, 1.82) is 0 Å². The molecule has 2 rings (SSSR count). The van der Waals surface area contributed by atoms with E-state index < -0.39 is 0 Å². The first-order chi connectivity index (χ1) is 15.3. The summed E-state index contributed by atoms with van der Waals surface area (Å²) in [6, 6.07) is 8.48. The van der Waals surface area contributed by atoms with Crippen molar-refractivity contribution in [1.82, 2.24) is 15.4 Å². The monoisotopic (exact) mass is 441 g/mol. The van der Waals surface area contributed by atoms with Crippen molar-refractivity contribution < 1.29 is 14.7 Å². The third kappa shape index (κ3) is 7.04. The van der Waals surface area contributed by atoms with Crippen molar-refractivity contribution in [3.8, 4) is 5.75 Å². The number of nitrogens with zero attached hydrogens (tertiary/aromatic N) is 2. The first-order valence-corrected chi connectivity index (χ1v) is 11.5. The molecule has 1 heterocycles. The minimum absolute atomic E-state index is 0.209. The summed E-state index contributed by atoms with van der Waals surface area (Å²) in [5, 5.41) is 9.23. The minimum atomic E-state index is -0.302. The van der Waals surface area contributed by atoms with Crippen molar-refractivity contribution in [3.05, 3.63) is 58.4 Å². The van der Waals surface area contributed by atoms with E-state index in [0.717, 1.165) is 49.4 Å². The van der Waals surface area contributed by atoms with Gasteiger partial charge in [0.05, 0.1) is 19.0 Å². The highest BCUT2D eigenvalue weighted by Gasteiger charge is 2.20. The molecule has 176 valence electrons. The molecule has 0 unspecified atom stereocenters. The number of unbranched alkanes of at least 4 members (excludes halogenated alkanes) is 1. The fourth-order valence-electron chi connectivity index (χ4n) is 4.22. The molecule has 6 nitrogen and oxygen atoms in total. The minimum Gasteiger partial charge on any atom is -0.495 e. The molecule has 0 saturated heterocycles. The largest absolute Gasteiger partial charge is 0.495 e. The van der Waals surface area contributed by atoms with E-state index in [2.05, 4.69) is 56.6 Å². The van der Waals surface area contributed by atoms with Crippen LogP contribution < -0.4 is 10.2 Å². The van der Waals surface area contributed by atoms with Gasteiger partial charge in [-0.3, -0.25) is 19.9 Å². The number of rotatable bonds is 12. The lowest BCUT2D eigenvalue weighted by atomic mass is 9.90. The first-order valence-electron chi connectivity index (χ1n) is 11.5. The number of nitrogens with one attached hydrogen (secondary N) is 1. The average molecular weight is 442 g/mol. The zero-order chi connectivity index (χ0) is 23.7. The van der Waals surface area contributed by atoms with Crippen LogP contribution >= 0.6 is 0 Å². The van der Waals surface area contributed by atoms with Gasteiger partial charge in [0, 0.05) is 12.0 Å². The Labute approximate surface area is 193 Å². The maximum Gasteiger partial charge on any atom is 0.246 e. The normalized spacial score (nSPS) is 13.1. The van der Waals surface area contributed by atoms with E-state index >= 15 is 0 Å². The molecule has 0 aliphatic heterocycles. The number of carbonyl (C=O) groups excluding carboxylic acids is 1. The van der Waals surface area contributed by atoms with E-state index in [1.807, 2.05) is 17.6 Å². The van der Waals surface area contributed by atoms with Crippen LogP contribution in [0.1, 0.15) is 67.1 Å². The number of ether oxygens (including phenoxy) is 1. The summed E-state index contributed by atoms with van der Waals surface area (Å²) in [5.74, 6) is 0.220. The Morgan fingerprint density at radius 2 is 1.88 bits per heavy atom. The molecule has 2 atom stereocenters. The molecule has 2 N–H and O–H groups in total. The number of pyridine rings is 1. The lowest BCUT2D eigenvalue weighted by Gasteiger charge is -2.27. The number of aromatic nitrogens is 1. The van der Waals surface area contributed by atoms with Crippen molar-refractivity contribution in [2.45, 2.75) is 66.3 Å². The Kier molecular flexibility index (Phi) is 10.1. The molecule has 0 fully saturated rings. The molecule has 2 aromatic rings. The van der Waals surface area contributed by atoms with E-state index in [1.165, 1.54) is 16.7 Å². The summed E-state index contributed by atoms with van der Waals surface area (Å²) < 4.78 is 5.20. The quantitative estimate of drug-likeness (QED) is 0.277. The SMILES string of the molecule is CCN(CCCC[C@@H](Cc1cc(C)c(C)c(C)c1)C(=O)NO)[C@H](C)c1ccc(OC)cn1. The third-order valence-corrected chi connectivity index (χ3v) is 6.57. The van der Waals surface area contributed by atoms with Crippen LogP contribution in [0.15, 0.2) is 30.5 Å². The molecule has 1 aromatic carbocycles. The number of hydrogen-bond acceptors (Lipinski definition) is 5. The summed E-state index contributed by atoms with van der Waals surface area (Å²) in [6.07, 6.45) is 5.03. The van der Waals surface area contributed by atoms with Gasteiger partial charge in [-0.1, -0.05) is 25.5 Å². The zero-order valence-electron chi connectivity index (χ0n) is 20.4. The predicted molar refractivity (Wildman–Crippen MR) is 128 cm³/mol. The lowest BCUT2D eigenvalue weighted by Crippen LogP contribution is -2.30. The van der Waals surface area contributed by atoms with Crippen molar-refractivity contribution in [2.75, 3.05) is 20.2 Å². The van der Waals surface area contributed by atoms with Gasteiger partial charge in [-0.2, -0.15) is 0 Å². The molecule has 6 heteroatoms. The number of benzene rings is 1. The van der Waals surface area contributed by atoms with Gasteiger partial charge in [-0.25, -0.2) is 5.48 Å². The topological polar surface area (TPSA) is 74.7 Å². The van der Waals surface area contributed by atoms with Gasteiger partial charge < -0.3 is 4.74 Å². The molecule has 0 bridgehead atoms. The summed E-state index contributed by atoms with van der Waals surface area (Å²) in [5.41, 5.74) is 7.80. The Morgan fingerprint density at radius 1 is 1.19 bits per heavy atom.